The van der Waals surface area contributed by atoms with Gasteiger partial charge >= 0.3 is 0 Å². The minimum Gasteiger partial charge on any atom is -0.337 e. The Balaban J connectivity index is 0.00000342. The van der Waals surface area contributed by atoms with Crippen LogP contribution in [-0.2, 0) is 16.6 Å². The lowest BCUT2D eigenvalue weighted by Gasteiger charge is -2.20. The normalized spacial score (nSPS) is 11.6. The number of sulfonamides is 1. The standard InChI is InChI=1S/C24H27N5O3S2.ClH/c1-17-6-11-21-22(18(17)2)26-24(33-21)29(14-5-13-28-15-12-25-16-28)23(30)19-7-9-20(10-8-19)34(31,32)27(3)4;/h6-12,15-16H,5,13-14H2,1-4H3;1H. The fourth-order valence-electron chi connectivity index (χ4n) is 3.58. The molecule has 0 aliphatic heterocycles. The molecule has 0 spiro atoms. The summed E-state index contributed by atoms with van der Waals surface area (Å²) in [4.78, 5) is 24.3. The van der Waals surface area contributed by atoms with Crippen molar-refractivity contribution < 1.29 is 13.2 Å². The highest BCUT2D eigenvalue weighted by atomic mass is 35.5. The average molecular weight is 534 g/mol. The van der Waals surface area contributed by atoms with Crippen molar-refractivity contribution >= 4 is 55.0 Å². The monoisotopic (exact) mass is 533 g/mol. The van der Waals surface area contributed by atoms with E-state index in [1.54, 1.807) is 29.6 Å². The Morgan fingerprint density at radius 1 is 1.09 bits per heavy atom. The van der Waals surface area contributed by atoms with Gasteiger partial charge in [-0.1, -0.05) is 17.4 Å². The highest BCUT2D eigenvalue weighted by Crippen LogP contribution is 2.33. The van der Waals surface area contributed by atoms with Gasteiger partial charge in [0.2, 0.25) is 10.0 Å². The molecule has 11 heteroatoms. The van der Waals surface area contributed by atoms with Crippen molar-refractivity contribution in [2.45, 2.75) is 31.7 Å². The number of halogens is 1. The zero-order valence-corrected chi connectivity index (χ0v) is 22.5. The third-order valence-electron chi connectivity index (χ3n) is 5.79. The summed E-state index contributed by atoms with van der Waals surface area (Å²) < 4.78 is 28.9. The van der Waals surface area contributed by atoms with Crippen LogP contribution in [0.4, 0.5) is 5.13 Å². The topological polar surface area (TPSA) is 88.4 Å². The molecule has 4 aromatic rings. The largest absolute Gasteiger partial charge is 0.337 e. The van der Waals surface area contributed by atoms with E-state index in [-0.39, 0.29) is 23.2 Å². The van der Waals surface area contributed by atoms with Crippen molar-refractivity contribution in [3.63, 3.8) is 0 Å². The molecule has 0 saturated heterocycles. The van der Waals surface area contributed by atoms with E-state index >= 15 is 0 Å². The second kappa shape index (κ2) is 10.9. The molecular weight excluding hydrogens is 506 g/mol. The van der Waals surface area contributed by atoms with Crippen LogP contribution >= 0.6 is 23.7 Å². The van der Waals surface area contributed by atoms with Crippen molar-refractivity contribution in [1.29, 1.82) is 0 Å². The van der Waals surface area contributed by atoms with E-state index in [0.717, 1.165) is 25.6 Å². The molecule has 0 N–H and O–H groups in total. The number of amides is 1. The molecule has 2 heterocycles. The molecule has 1 amide bonds. The van der Waals surface area contributed by atoms with Crippen LogP contribution in [0.2, 0.25) is 0 Å². The number of fused-ring (bicyclic) bond motifs is 1. The van der Waals surface area contributed by atoms with Crippen LogP contribution in [0.5, 0.6) is 0 Å². The average Bonchev–Trinajstić information content (AvgIpc) is 3.49. The molecule has 0 aliphatic carbocycles. The van der Waals surface area contributed by atoms with Gasteiger partial charge in [-0.2, -0.15) is 0 Å². The highest BCUT2D eigenvalue weighted by Gasteiger charge is 2.23. The van der Waals surface area contributed by atoms with Gasteiger partial charge in [0.25, 0.3) is 5.91 Å². The number of carbonyl (C=O) groups excluding carboxylic acids is 1. The van der Waals surface area contributed by atoms with Gasteiger partial charge in [0.1, 0.15) is 0 Å². The molecule has 0 saturated carbocycles. The van der Waals surface area contributed by atoms with E-state index in [4.69, 9.17) is 4.98 Å². The maximum Gasteiger partial charge on any atom is 0.260 e. The minimum absolute atomic E-state index is 0. The Labute approximate surface area is 215 Å². The van der Waals surface area contributed by atoms with Crippen LogP contribution in [-0.4, -0.2) is 53.8 Å². The van der Waals surface area contributed by atoms with E-state index in [0.29, 0.717) is 30.2 Å². The van der Waals surface area contributed by atoms with Gasteiger partial charge < -0.3 is 4.57 Å². The number of hydrogen-bond donors (Lipinski definition) is 0. The number of benzene rings is 2. The van der Waals surface area contributed by atoms with E-state index in [9.17, 15) is 13.2 Å². The number of rotatable bonds is 8. The fraction of sp³-hybridized carbons (Fsp3) is 0.292. The van der Waals surface area contributed by atoms with Crippen LogP contribution in [0.3, 0.4) is 0 Å². The smallest absolute Gasteiger partial charge is 0.260 e. The summed E-state index contributed by atoms with van der Waals surface area (Å²) >= 11 is 1.48. The Kier molecular flexibility index (Phi) is 8.32. The lowest BCUT2D eigenvalue weighted by atomic mass is 10.1. The van der Waals surface area contributed by atoms with Crippen LogP contribution in [0.25, 0.3) is 10.2 Å². The molecule has 2 aromatic heterocycles. The molecule has 4 rings (SSSR count). The molecular formula is C24H28ClN5O3S2. The molecule has 0 bridgehead atoms. The Morgan fingerprint density at radius 3 is 2.43 bits per heavy atom. The molecule has 186 valence electrons. The number of anilines is 1. The third-order valence-corrected chi connectivity index (χ3v) is 8.66. The molecule has 0 unspecified atom stereocenters. The molecule has 0 fully saturated rings. The second-order valence-electron chi connectivity index (χ2n) is 8.27. The van der Waals surface area contributed by atoms with Gasteiger partial charge in [-0.05, 0) is 61.7 Å². The molecule has 35 heavy (non-hydrogen) atoms. The van der Waals surface area contributed by atoms with E-state index in [1.807, 2.05) is 30.7 Å². The first-order valence-corrected chi connectivity index (χ1v) is 13.1. The van der Waals surface area contributed by atoms with E-state index < -0.39 is 10.0 Å². The number of carbonyl (C=O) groups is 1. The summed E-state index contributed by atoms with van der Waals surface area (Å²) in [6.07, 6.45) is 6.08. The summed E-state index contributed by atoms with van der Waals surface area (Å²) in [5.74, 6) is -0.215. The number of thiazole rings is 1. The molecule has 8 nitrogen and oxygen atoms in total. The van der Waals surface area contributed by atoms with Crippen molar-refractivity contribution in [2.24, 2.45) is 0 Å². The lowest BCUT2D eigenvalue weighted by molar-refractivity contribution is 0.0986. The SMILES string of the molecule is Cc1ccc2sc(N(CCCn3ccnc3)C(=O)c3ccc(S(=O)(=O)N(C)C)cc3)nc2c1C.Cl. The first-order chi connectivity index (χ1) is 16.2. The van der Waals surface area contributed by atoms with Crippen LogP contribution in [0, 0.1) is 13.8 Å². The zero-order valence-electron chi connectivity index (χ0n) is 20.0. The Hall–Kier alpha value is -2.79. The quantitative estimate of drug-likeness (QED) is 0.332. The zero-order chi connectivity index (χ0) is 24.5. The Morgan fingerprint density at radius 2 is 1.80 bits per heavy atom. The van der Waals surface area contributed by atoms with Crippen molar-refractivity contribution in [2.75, 3.05) is 25.5 Å². The van der Waals surface area contributed by atoms with Crippen LogP contribution in [0.15, 0.2) is 60.0 Å². The minimum atomic E-state index is -3.57. The van der Waals surface area contributed by atoms with E-state index in [2.05, 4.69) is 11.1 Å². The van der Waals surface area contributed by atoms with Gasteiger partial charge in [-0.3, -0.25) is 9.69 Å². The van der Waals surface area contributed by atoms with Crippen LogP contribution in [0.1, 0.15) is 27.9 Å². The first-order valence-electron chi connectivity index (χ1n) is 10.9. The fourth-order valence-corrected chi connectivity index (χ4v) is 5.53. The van der Waals surface area contributed by atoms with Gasteiger partial charge in [-0.15, -0.1) is 12.4 Å². The van der Waals surface area contributed by atoms with Gasteiger partial charge in [-0.25, -0.2) is 22.7 Å². The maximum absolute atomic E-state index is 13.6. The predicted molar refractivity (Wildman–Crippen MR) is 142 cm³/mol. The number of hydrogen-bond acceptors (Lipinski definition) is 6. The van der Waals surface area contributed by atoms with Gasteiger partial charge in [0.05, 0.1) is 21.4 Å². The number of nitrogens with zero attached hydrogens (tertiary/aromatic N) is 5. The van der Waals surface area contributed by atoms with Gasteiger partial charge in [0, 0.05) is 45.1 Å². The van der Waals surface area contributed by atoms with Crippen molar-refractivity contribution in [1.82, 2.24) is 18.8 Å². The summed E-state index contributed by atoms with van der Waals surface area (Å²) in [5.41, 5.74) is 3.57. The number of aromatic nitrogens is 3. The molecule has 2 aromatic carbocycles. The van der Waals surface area contributed by atoms with E-state index in [1.165, 1.54) is 37.6 Å². The second-order valence-corrected chi connectivity index (χ2v) is 11.4. The van der Waals surface area contributed by atoms with Crippen molar-refractivity contribution in [3.8, 4) is 0 Å². The maximum atomic E-state index is 13.6. The summed E-state index contributed by atoms with van der Waals surface area (Å²) in [6, 6.07) is 10.2. The van der Waals surface area contributed by atoms with Crippen molar-refractivity contribution in [3.05, 3.63) is 71.8 Å². The molecule has 0 atom stereocenters. The highest BCUT2D eigenvalue weighted by molar-refractivity contribution is 7.89. The third kappa shape index (κ3) is 5.56. The summed E-state index contributed by atoms with van der Waals surface area (Å²) in [5, 5.41) is 0.629. The first kappa shape index (κ1) is 26.8. The summed E-state index contributed by atoms with van der Waals surface area (Å²) in [6.45, 7) is 5.26. The number of imidazole rings is 1. The lowest BCUT2D eigenvalue weighted by Crippen LogP contribution is -2.32. The Bertz CT molecular complexity index is 1420. The van der Waals surface area contributed by atoms with Gasteiger partial charge in [0.15, 0.2) is 5.13 Å². The molecule has 0 aliphatic rings. The number of aryl methyl sites for hydroxylation is 3. The van der Waals surface area contributed by atoms with Crippen LogP contribution < -0.4 is 4.90 Å². The predicted octanol–water partition coefficient (Wildman–Crippen LogP) is 4.52. The summed E-state index contributed by atoms with van der Waals surface area (Å²) in [7, 11) is -0.609. The molecule has 0 radical (unpaired) electrons.